The molecule has 1 aromatic carbocycles. The second-order valence-electron chi connectivity index (χ2n) is 4.19. The molecule has 1 heterocycles. The molecule has 4 nitrogen and oxygen atoms in total. The van der Waals surface area contributed by atoms with E-state index in [4.69, 9.17) is 5.11 Å². The molecule has 0 saturated heterocycles. The first-order valence-electron chi connectivity index (χ1n) is 6.06. The fourth-order valence-corrected chi connectivity index (χ4v) is 1.93. The van der Waals surface area contributed by atoms with Gasteiger partial charge in [0.15, 0.2) is 0 Å². The van der Waals surface area contributed by atoms with Crippen LogP contribution in [0.1, 0.15) is 28.9 Å². The molecule has 94 valence electrons. The van der Waals surface area contributed by atoms with Gasteiger partial charge < -0.3 is 5.11 Å². The minimum Gasteiger partial charge on any atom is -0.477 e. The second kappa shape index (κ2) is 6.00. The van der Waals surface area contributed by atoms with E-state index in [0.717, 1.165) is 19.3 Å². The van der Waals surface area contributed by atoms with Gasteiger partial charge in [0.25, 0.3) is 0 Å². The Hall–Kier alpha value is -2.10. The van der Waals surface area contributed by atoms with Gasteiger partial charge in [-0.2, -0.15) is 5.10 Å². The average molecular weight is 244 g/mol. The Kier molecular flexibility index (Phi) is 4.12. The summed E-state index contributed by atoms with van der Waals surface area (Å²) < 4.78 is 1.55. The highest BCUT2D eigenvalue weighted by molar-refractivity contribution is 5.85. The molecule has 2 aromatic rings. The van der Waals surface area contributed by atoms with Crippen molar-refractivity contribution in [2.45, 2.75) is 25.8 Å². The molecule has 0 aliphatic carbocycles. The predicted octanol–water partition coefficient (Wildman–Crippen LogP) is 2.60. The molecule has 0 fully saturated rings. The molecule has 0 bridgehead atoms. The minimum atomic E-state index is -0.921. The molecular weight excluding hydrogens is 228 g/mol. The highest BCUT2D eigenvalue weighted by atomic mass is 16.4. The maximum absolute atomic E-state index is 10.9. The van der Waals surface area contributed by atoms with Crippen LogP contribution in [0.25, 0.3) is 0 Å². The van der Waals surface area contributed by atoms with E-state index in [1.165, 1.54) is 17.8 Å². The molecule has 0 radical (unpaired) electrons. The van der Waals surface area contributed by atoms with Crippen LogP contribution in [-0.4, -0.2) is 20.9 Å². The van der Waals surface area contributed by atoms with Crippen LogP contribution in [0, 0.1) is 0 Å². The molecule has 2 rings (SSSR count). The van der Waals surface area contributed by atoms with Crippen LogP contribution in [-0.2, 0) is 13.0 Å². The standard InChI is InChI=1S/C14H16N2O2/c17-14(18)13-9-10-15-16(13)11-5-4-8-12-6-2-1-3-7-12/h1-3,6-7,9-10H,4-5,8,11H2,(H,17,18). The zero-order valence-corrected chi connectivity index (χ0v) is 10.1. The SMILES string of the molecule is O=C(O)c1ccnn1CCCCc1ccccc1. The van der Waals surface area contributed by atoms with Crippen LogP contribution >= 0.6 is 0 Å². The summed E-state index contributed by atoms with van der Waals surface area (Å²) in [6.07, 6.45) is 4.50. The van der Waals surface area contributed by atoms with E-state index in [1.54, 1.807) is 4.68 Å². The molecule has 0 aliphatic rings. The summed E-state index contributed by atoms with van der Waals surface area (Å²) in [5.74, 6) is -0.921. The van der Waals surface area contributed by atoms with Gasteiger partial charge in [0, 0.05) is 12.7 Å². The maximum Gasteiger partial charge on any atom is 0.354 e. The van der Waals surface area contributed by atoms with E-state index in [2.05, 4.69) is 17.2 Å². The Balaban J connectivity index is 1.79. The van der Waals surface area contributed by atoms with Gasteiger partial charge in [0.1, 0.15) is 5.69 Å². The number of aryl methyl sites for hydroxylation is 2. The van der Waals surface area contributed by atoms with Gasteiger partial charge in [-0.1, -0.05) is 30.3 Å². The summed E-state index contributed by atoms with van der Waals surface area (Å²) in [5.41, 5.74) is 1.58. The number of hydrogen-bond donors (Lipinski definition) is 1. The molecule has 1 aromatic heterocycles. The number of aromatic carboxylic acids is 1. The molecule has 0 atom stereocenters. The average Bonchev–Trinajstić information content (AvgIpc) is 2.84. The van der Waals surface area contributed by atoms with Gasteiger partial charge in [-0.25, -0.2) is 4.79 Å². The number of benzene rings is 1. The van der Waals surface area contributed by atoms with Crippen LogP contribution in [0.2, 0.25) is 0 Å². The van der Waals surface area contributed by atoms with E-state index < -0.39 is 5.97 Å². The van der Waals surface area contributed by atoms with E-state index in [-0.39, 0.29) is 5.69 Å². The van der Waals surface area contributed by atoms with Gasteiger partial charge in [-0.05, 0) is 30.9 Å². The Morgan fingerprint density at radius 1 is 1.17 bits per heavy atom. The number of carboxylic acids is 1. The lowest BCUT2D eigenvalue weighted by Gasteiger charge is -2.04. The van der Waals surface area contributed by atoms with Crippen molar-refractivity contribution >= 4 is 5.97 Å². The fraction of sp³-hybridized carbons (Fsp3) is 0.286. The lowest BCUT2D eigenvalue weighted by atomic mass is 10.1. The molecule has 18 heavy (non-hydrogen) atoms. The highest BCUT2D eigenvalue weighted by Crippen LogP contribution is 2.07. The van der Waals surface area contributed by atoms with Crippen LogP contribution in [0.4, 0.5) is 0 Å². The summed E-state index contributed by atoms with van der Waals surface area (Å²) in [4.78, 5) is 10.9. The van der Waals surface area contributed by atoms with Crippen LogP contribution < -0.4 is 0 Å². The Morgan fingerprint density at radius 3 is 2.67 bits per heavy atom. The number of aromatic nitrogens is 2. The third-order valence-electron chi connectivity index (χ3n) is 2.86. The Labute approximate surface area is 106 Å². The number of rotatable bonds is 6. The predicted molar refractivity (Wildman–Crippen MR) is 68.6 cm³/mol. The summed E-state index contributed by atoms with van der Waals surface area (Å²) in [6, 6.07) is 11.8. The molecule has 0 unspecified atom stereocenters. The van der Waals surface area contributed by atoms with Crippen molar-refractivity contribution in [1.82, 2.24) is 9.78 Å². The van der Waals surface area contributed by atoms with Crippen molar-refractivity contribution < 1.29 is 9.90 Å². The van der Waals surface area contributed by atoms with Gasteiger partial charge in [0.05, 0.1) is 0 Å². The van der Waals surface area contributed by atoms with Crippen LogP contribution in [0.15, 0.2) is 42.6 Å². The number of unbranched alkanes of at least 4 members (excludes halogenated alkanes) is 1. The van der Waals surface area contributed by atoms with E-state index >= 15 is 0 Å². The summed E-state index contributed by atoms with van der Waals surface area (Å²) in [7, 11) is 0. The number of carbonyl (C=O) groups is 1. The lowest BCUT2D eigenvalue weighted by molar-refractivity contribution is 0.0683. The van der Waals surface area contributed by atoms with Gasteiger partial charge >= 0.3 is 5.97 Å². The smallest absolute Gasteiger partial charge is 0.354 e. The zero-order chi connectivity index (χ0) is 12.8. The first kappa shape index (κ1) is 12.4. The number of nitrogens with zero attached hydrogens (tertiary/aromatic N) is 2. The van der Waals surface area contributed by atoms with E-state index in [9.17, 15) is 4.79 Å². The first-order chi connectivity index (χ1) is 8.77. The highest BCUT2D eigenvalue weighted by Gasteiger charge is 2.08. The third-order valence-corrected chi connectivity index (χ3v) is 2.86. The van der Waals surface area contributed by atoms with E-state index in [1.807, 2.05) is 18.2 Å². The lowest BCUT2D eigenvalue weighted by Crippen LogP contribution is -2.10. The normalized spacial score (nSPS) is 10.4. The first-order valence-corrected chi connectivity index (χ1v) is 6.06. The van der Waals surface area contributed by atoms with Crippen molar-refractivity contribution in [3.63, 3.8) is 0 Å². The Bertz CT molecular complexity index is 506. The van der Waals surface area contributed by atoms with Crippen molar-refractivity contribution in [3.8, 4) is 0 Å². The van der Waals surface area contributed by atoms with Crippen molar-refractivity contribution in [3.05, 3.63) is 53.9 Å². The van der Waals surface area contributed by atoms with Crippen molar-refractivity contribution in [1.29, 1.82) is 0 Å². The second-order valence-corrected chi connectivity index (χ2v) is 4.19. The van der Waals surface area contributed by atoms with Gasteiger partial charge in [0.2, 0.25) is 0 Å². The molecule has 0 amide bonds. The van der Waals surface area contributed by atoms with Gasteiger partial charge in [-0.3, -0.25) is 4.68 Å². The molecule has 0 aliphatic heterocycles. The maximum atomic E-state index is 10.9. The van der Waals surface area contributed by atoms with E-state index in [0.29, 0.717) is 6.54 Å². The van der Waals surface area contributed by atoms with Crippen LogP contribution in [0.5, 0.6) is 0 Å². The van der Waals surface area contributed by atoms with Gasteiger partial charge in [-0.15, -0.1) is 0 Å². The largest absolute Gasteiger partial charge is 0.477 e. The summed E-state index contributed by atoms with van der Waals surface area (Å²) >= 11 is 0. The zero-order valence-electron chi connectivity index (χ0n) is 10.1. The monoisotopic (exact) mass is 244 g/mol. The minimum absolute atomic E-state index is 0.259. The molecule has 4 heteroatoms. The molecule has 0 spiro atoms. The third kappa shape index (κ3) is 3.20. The summed E-state index contributed by atoms with van der Waals surface area (Å²) in [5, 5.41) is 12.9. The molecule has 1 N–H and O–H groups in total. The number of hydrogen-bond acceptors (Lipinski definition) is 2. The molecular formula is C14H16N2O2. The Morgan fingerprint density at radius 2 is 1.94 bits per heavy atom. The van der Waals surface area contributed by atoms with Crippen molar-refractivity contribution in [2.24, 2.45) is 0 Å². The fourth-order valence-electron chi connectivity index (χ4n) is 1.93. The topological polar surface area (TPSA) is 55.1 Å². The van der Waals surface area contributed by atoms with Crippen LogP contribution in [0.3, 0.4) is 0 Å². The quantitative estimate of drug-likeness (QED) is 0.795. The van der Waals surface area contributed by atoms with Crippen molar-refractivity contribution in [2.75, 3.05) is 0 Å². The summed E-state index contributed by atoms with van der Waals surface area (Å²) in [6.45, 7) is 0.654. The number of carboxylic acid groups (broad SMARTS) is 1. The molecule has 0 saturated carbocycles.